The molecule has 0 saturated heterocycles. The number of amides is 1. The van der Waals surface area contributed by atoms with Gasteiger partial charge in [-0.15, -0.1) is 0 Å². The zero-order valence-electron chi connectivity index (χ0n) is 14.3. The summed E-state index contributed by atoms with van der Waals surface area (Å²) >= 11 is 0. The summed E-state index contributed by atoms with van der Waals surface area (Å²) in [6.07, 6.45) is 0. The van der Waals surface area contributed by atoms with Crippen LogP contribution >= 0.6 is 0 Å². The Bertz CT molecular complexity index is 912. The van der Waals surface area contributed by atoms with Crippen LogP contribution in [-0.4, -0.2) is 10.9 Å². The molecule has 2 aromatic carbocycles. The van der Waals surface area contributed by atoms with Crippen molar-refractivity contribution in [1.82, 2.24) is 4.98 Å². The topological polar surface area (TPSA) is 64.4 Å². The average molecular weight is 324 g/mol. The Kier molecular flexibility index (Phi) is 4.25. The molecule has 0 aliphatic rings. The van der Waals surface area contributed by atoms with E-state index in [1.807, 2.05) is 45.0 Å². The van der Waals surface area contributed by atoms with Gasteiger partial charge in [-0.05, 0) is 61.7 Å². The molecule has 0 atom stereocenters. The highest BCUT2D eigenvalue weighted by Gasteiger charge is 2.10. The van der Waals surface area contributed by atoms with Gasteiger partial charge in [-0.1, -0.05) is 6.07 Å². The number of fused-ring (bicyclic) bond motifs is 1. The van der Waals surface area contributed by atoms with Crippen molar-refractivity contribution in [1.29, 1.82) is 0 Å². The van der Waals surface area contributed by atoms with E-state index < -0.39 is 0 Å². The van der Waals surface area contributed by atoms with E-state index in [1.54, 1.807) is 0 Å². The first kappa shape index (κ1) is 16.1. The summed E-state index contributed by atoms with van der Waals surface area (Å²) in [6, 6.07) is 9.59. The summed E-state index contributed by atoms with van der Waals surface area (Å²) in [5, 5.41) is 2.78. The van der Waals surface area contributed by atoms with Crippen LogP contribution in [0.2, 0.25) is 0 Å². The molecule has 1 N–H and O–H groups in total. The summed E-state index contributed by atoms with van der Waals surface area (Å²) in [6.45, 7) is 7.71. The summed E-state index contributed by atoms with van der Waals surface area (Å²) in [7, 11) is 0. The molecule has 0 aliphatic carbocycles. The molecule has 0 bridgehead atoms. The molecule has 0 unspecified atom stereocenters. The highest BCUT2D eigenvalue weighted by Crippen LogP contribution is 2.24. The minimum absolute atomic E-state index is 0.0936. The van der Waals surface area contributed by atoms with Crippen LogP contribution < -0.4 is 10.1 Å². The highest BCUT2D eigenvalue weighted by atomic mass is 16.5. The van der Waals surface area contributed by atoms with Gasteiger partial charge >= 0.3 is 0 Å². The lowest BCUT2D eigenvalue weighted by Crippen LogP contribution is -2.07. The van der Waals surface area contributed by atoms with Crippen LogP contribution in [0.25, 0.3) is 11.1 Å². The number of hydrogen-bond donors (Lipinski definition) is 1. The van der Waals surface area contributed by atoms with Crippen LogP contribution in [0.15, 0.2) is 34.7 Å². The van der Waals surface area contributed by atoms with Crippen LogP contribution in [0.3, 0.4) is 0 Å². The van der Waals surface area contributed by atoms with Gasteiger partial charge in [0.25, 0.3) is 0 Å². The molecule has 5 nitrogen and oxygen atoms in total. The Morgan fingerprint density at radius 2 is 1.96 bits per heavy atom. The first-order valence-electron chi connectivity index (χ1n) is 7.80. The number of rotatable bonds is 4. The van der Waals surface area contributed by atoms with Gasteiger partial charge in [-0.3, -0.25) is 4.79 Å². The molecule has 1 aromatic heterocycles. The second-order valence-electron chi connectivity index (χ2n) is 5.98. The molecule has 3 aromatic rings. The number of oxazole rings is 1. The fourth-order valence-corrected chi connectivity index (χ4v) is 2.69. The SMILES string of the molecule is CC(=O)Nc1ccc(OCc2nc3cc(C)cc(C)c3o2)cc1C. The zero-order chi connectivity index (χ0) is 17.3. The number of aromatic nitrogens is 1. The number of nitrogens with zero attached hydrogens (tertiary/aromatic N) is 1. The van der Waals surface area contributed by atoms with Crippen LogP contribution in [0.4, 0.5) is 5.69 Å². The van der Waals surface area contributed by atoms with Crippen molar-refractivity contribution in [2.24, 2.45) is 0 Å². The molecule has 0 radical (unpaired) electrons. The summed E-state index contributed by atoms with van der Waals surface area (Å²) in [4.78, 5) is 15.6. The van der Waals surface area contributed by atoms with Crippen LogP contribution in [0.1, 0.15) is 29.5 Å². The standard InChI is InChI=1S/C19H20N2O3/c1-11-7-13(3)19-17(8-11)21-18(24-19)10-23-15-5-6-16(12(2)9-15)20-14(4)22/h5-9H,10H2,1-4H3,(H,20,22). The average Bonchev–Trinajstić information content (AvgIpc) is 2.90. The molecule has 1 amide bonds. The molecule has 0 spiro atoms. The van der Waals surface area contributed by atoms with Crippen molar-refractivity contribution in [3.8, 4) is 5.75 Å². The summed E-state index contributed by atoms with van der Waals surface area (Å²) in [5.41, 5.74) is 5.60. The molecule has 0 fully saturated rings. The first-order chi connectivity index (χ1) is 11.4. The van der Waals surface area contributed by atoms with Gasteiger partial charge in [-0.2, -0.15) is 0 Å². The molecule has 3 rings (SSSR count). The van der Waals surface area contributed by atoms with Gasteiger partial charge in [0.1, 0.15) is 11.3 Å². The van der Waals surface area contributed by atoms with Gasteiger partial charge in [0.2, 0.25) is 11.8 Å². The third-order valence-electron chi connectivity index (χ3n) is 3.74. The molecular weight excluding hydrogens is 304 g/mol. The summed E-state index contributed by atoms with van der Waals surface area (Å²) < 4.78 is 11.6. The lowest BCUT2D eigenvalue weighted by molar-refractivity contribution is -0.114. The minimum Gasteiger partial charge on any atom is -0.484 e. The predicted octanol–water partition coefficient (Wildman–Crippen LogP) is 4.29. The number of aryl methyl sites for hydroxylation is 3. The molecular formula is C19H20N2O3. The van der Waals surface area contributed by atoms with Crippen molar-refractivity contribution in [2.75, 3.05) is 5.32 Å². The number of carbonyl (C=O) groups excluding carboxylic acids is 1. The van der Waals surface area contributed by atoms with Crippen LogP contribution in [0, 0.1) is 20.8 Å². The maximum atomic E-state index is 11.1. The minimum atomic E-state index is -0.0936. The zero-order valence-corrected chi connectivity index (χ0v) is 14.3. The van der Waals surface area contributed by atoms with E-state index in [4.69, 9.17) is 9.15 Å². The lowest BCUT2D eigenvalue weighted by atomic mass is 10.1. The van der Waals surface area contributed by atoms with E-state index in [0.717, 1.165) is 33.5 Å². The molecule has 124 valence electrons. The third kappa shape index (κ3) is 3.40. The Balaban J connectivity index is 1.75. The van der Waals surface area contributed by atoms with E-state index in [0.29, 0.717) is 11.6 Å². The van der Waals surface area contributed by atoms with Gasteiger partial charge in [0, 0.05) is 12.6 Å². The maximum Gasteiger partial charge on any atom is 0.233 e. The number of carbonyl (C=O) groups is 1. The monoisotopic (exact) mass is 324 g/mol. The fourth-order valence-electron chi connectivity index (χ4n) is 2.69. The van der Waals surface area contributed by atoms with Crippen LogP contribution in [0.5, 0.6) is 5.75 Å². The predicted molar refractivity (Wildman–Crippen MR) is 93.3 cm³/mol. The second kappa shape index (κ2) is 6.35. The van der Waals surface area contributed by atoms with Gasteiger partial charge in [0.15, 0.2) is 12.2 Å². The number of ether oxygens (including phenoxy) is 1. The summed E-state index contributed by atoms with van der Waals surface area (Å²) in [5.74, 6) is 1.16. The van der Waals surface area contributed by atoms with E-state index in [9.17, 15) is 4.79 Å². The van der Waals surface area contributed by atoms with Gasteiger partial charge < -0.3 is 14.5 Å². The second-order valence-corrected chi connectivity index (χ2v) is 5.98. The molecule has 1 heterocycles. The molecule has 0 aliphatic heterocycles. The smallest absolute Gasteiger partial charge is 0.233 e. The molecule has 0 saturated carbocycles. The fraction of sp³-hybridized carbons (Fsp3) is 0.263. The van der Waals surface area contributed by atoms with Crippen molar-refractivity contribution < 1.29 is 13.9 Å². The van der Waals surface area contributed by atoms with Gasteiger partial charge in [-0.25, -0.2) is 4.98 Å². The number of nitrogens with one attached hydrogen (secondary N) is 1. The number of hydrogen-bond acceptors (Lipinski definition) is 4. The normalized spacial score (nSPS) is 10.8. The van der Waals surface area contributed by atoms with E-state index in [2.05, 4.69) is 16.4 Å². The third-order valence-corrected chi connectivity index (χ3v) is 3.74. The van der Waals surface area contributed by atoms with E-state index in [-0.39, 0.29) is 12.5 Å². The number of anilines is 1. The maximum absolute atomic E-state index is 11.1. The van der Waals surface area contributed by atoms with Crippen molar-refractivity contribution in [2.45, 2.75) is 34.3 Å². The Morgan fingerprint density at radius 1 is 1.17 bits per heavy atom. The number of benzene rings is 2. The van der Waals surface area contributed by atoms with E-state index in [1.165, 1.54) is 6.92 Å². The Labute approximate surface area is 140 Å². The van der Waals surface area contributed by atoms with Crippen molar-refractivity contribution >= 4 is 22.7 Å². The van der Waals surface area contributed by atoms with Gasteiger partial charge in [0.05, 0.1) is 0 Å². The Hall–Kier alpha value is -2.82. The van der Waals surface area contributed by atoms with Crippen molar-refractivity contribution in [3.63, 3.8) is 0 Å². The Morgan fingerprint density at radius 3 is 2.67 bits per heavy atom. The van der Waals surface area contributed by atoms with Crippen LogP contribution in [-0.2, 0) is 11.4 Å². The van der Waals surface area contributed by atoms with Crippen molar-refractivity contribution in [3.05, 3.63) is 52.9 Å². The van der Waals surface area contributed by atoms with E-state index >= 15 is 0 Å². The highest BCUT2D eigenvalue weighted by molar-refractivity contribution is 5.89. The first-order valence-corrected chi connectivity index (χ1v) is 7.80. The quantitative estimate of drug-likeness (QED) is 0.777. The lowest BCUT2D eigenvalue weighted by Gasteiger charge is -2.09. The molecule has 5 heteroatoms. The molecule has 24 heavy (non-hydrogen) atoms. The largest absolute Gasteiger partial charge is 0.484 e.